The molecule has 0 radical (unpaired) electrons. The minimum Gasteiger partial charge on any atom is -0.245 e. The third-order valence-corrected chi connectivity index (χ3v) is 4.43. The van der Waals surface area contributed by atoms with Crippen LogP contribution >= 0.6 is 22.9 Å². The third kappa shape index (κ3) is 2.12. The molecule has 0 saturated heterocycles. The van der Waals surface area contributed by atoms with Crippen molar-refractivity contribution in [2.45, 2.75) is 44.9 Å². The van der Waals surface area contributed by atoms with Crippen LogP contribution in [0.25, 0.3) is 0 Å². The zero-order valence-corrected chi connectivity index (χ0v) is 10.1. The van der Waals surface area contributed by atoms with Gasteiger partial charge in [0.25, 0.3) is 0 Å². The summed E-state index contributed by atoms with van der Waals surface area (Å²) in [7, 11) is 0. The Balaban J connectivity index is 2.09. The van der Waals surface area contributed by atoms with E-state index >= 15 is 0 Å². The first-order valence-electron chi connectivity index (χ1n) is 5.37. The normalized spacial score (nSPS) is 20.9. The molecule has 1 aromatic rings. The van der Waals surface area contributed by atoms with Crippen molar-refractivity contribution in [3.05, 3.63) is 15.6 Å². The van der Waals surface area contributed by atoms with Gasteiger partial charge in [0.2, 0.25) is 0 Å². The second-order valence-corrected chi connectivity index (χ2v) is 5.44. The number of halogens is 1. The molecular weight excluding hydrogens is 214 g/mol. The van der Waals surface area contributed by atoms with Gasteiger partial charge in [0.05, 0.1) is 11.6 Å². The van der Waals surface area contributed by atoms with E-state index in [1.807, 2.05) is 11.3 Å². The number of alkyl halides is 1. The summed E-state index contributed by atoms with van der Waals surface area (Å²) in [4.78, 5) is 6.06. The quantitative estimate of drug-likeness (QED) is 0.719. The van der Waals surface area contributed by atoms with Gasteiger partial charge < -0.3 is 0 Å². The van der Waals surface area contributed by atoms with Crippen LogP contribution in [0, 0.1) is 5.92 Å². The summed E-state index contributed by atoms with van der Waals surface area (Å²) in [5.41, 5.74) is 1.33. The molecule has 1 aromatic heterocycles. The van der Waals surface area contributed by atoms with Gasteiger partial charge in [-0.25, -0.2) is 4.98 Å². The Morgan fingerprint density at radius 3 is 3.14 bits per heavy atom. The molecule has 0 bridgehead atoms. The lowest BCUT2D eigenvalue weighted by Crippen LogP contribution is -2.12. The van der Waals surface area contributed by atoms with Crippen LogP contribution in [0.4, 0.5) is 0 Å². The topological polar surface area (TPSA) is 12.9 Å². The molecule has 0 spiro atoms. The molecule has 3 heteroatoms. The van der Waals surface area contributed by atoms with E-state index in [2.05, 4.69) is 11.9 Å². The lowest BCUT2D eigenvalue weighted by atomic mass is 9.88. The van der Waals surface area contributed by atoms with Crippen molar-refractivity contribution >= 4 is 22.9 Å². The Kier molecular flexibility index (Phi) is 3.45. The van der Waals surface area contributed by atoms with Crippen molar-refractivity contribution < 1.29 is 0 Å². The molecule has 0 aliphatic heterocycles. The molecule has 0 saturated carbocycles. The number of hydrogen-bond donors (Lipinski definition) is 0. The number of fused-ring (bicyclic) bond motifs is 1. The molecule has 14 heavy (non-hydrogen) atoms. The number of nitrogens with zero attached hydrogens (tertiary/aromatic N) is 1. The molecule has 1 unspecified atom stereocenters. The second-order valence-electron chi connectivity index (χ2n) is 4.01. The number of hydrogen-bond acceptors (Lipinski definition) is 2. The highest BCUT2D eigenvalue weighted by Crippen LogP contribution is 2.32. The van der Waals surface area contributed by atoms with Gasteiger partial charge >= 0.3 is 0 Å². The fourth-order valence-electron chi connectivity index (χ4n) is 2.21. The lowest BCUT2D eigenvalue weighted by Gasteiger charge is -2.20. The van der Waals surface area contributed by atoms with Gasteiger partial charge in [0, 0.05) is 4.88 Å². The average molecular weight is 230 g/mol. The summed E-state index contributed by atoms with van der Waals surface area (Å²) in [5.74, 6) is 1.48. The first-order chi connectivity index (χ1) is 6.83. The average Bonchev–Trinajstić information content (AvgIpc) is 2.60. The van der Waals surface area contributed by atoms with E-state index in [4.69, 9.17) is 11.6 Å². The van der Waals surface area contributed by atoms with Crippen molar-refractivity contribution in [2.75, 3.05) is 0 Å². The summed E-state index contributed by atoms with van der Waals surface area (Å²) in [6, 6.07) is 0. The first kappa shape index (κ1) is 10.4. The summed E-state index contributed by atoms with van der Waals surface area (Å²) in [5, 5.41) is 1.11. The van der Waals surface area contributed by atoms with Gasteiger partial charge in [-0.2, -0.15) is 0 Å². The van der Waals surface area contributed by atoms with Gasteiger partial charge in [-0.1, -0.05) is 19.8 Å². The molecule has 0 aromatic carbocycles. The van der Waals surface area contributed by atoms with E-state index in [0.717, 1.165) is 10.9 Å². The molecule has 0 N–H and O–H groups in total. The maximum atomic E-state index is 5.79. The van der Waals surface area contributed by atoms with E-state index < -0.39 is 0 Å². The van der Waals surface area contributed by atoms with Crippen molar-refractivity contribution in [3.63, 3.8) is 0 Å². The minimum absolute atomic E-state index is 0.579. The summed E-state index contributed by atoms with van der Waals surface area (Å²) in [6.07, 6.45) is 6.42. The fraction of sp³-hybridized carbons (Fsp3) is 0.727. The maximum absolute atomic E-state index is 5.79. The van der Waals surface area contributed by atoms with Crippen molar-refractivity contribution in [2.24, 2.45) is 5.92 Å². The molecule has 1 aliphatic rings. The summed E-state index contributed by atoms with van der Waals surface area (Å²) in [6.45, 7) is 2.27. The molecule has 0 fully saturated rings. The minimum atomic E-state index is 0.579. The van der Waals surface area contributed by atoms with Gasteiger partial charge in [0.15, 0.2) is 0 Å². The fourth-order valence-corrected chi connectivity index (χ4v) is 3.51. The Morgan fingerprint density at radius 2 is 2.43 bits per heavy atom. The van der Waals surface area contributed by atoms with Gasteiger partial charge in [-0.05, 0) is 25.2 Å². The van der Waals surface area contributed by atoms with Crippen molar-refractivity contribution in [3.8, 4) is 0 Å². The van der Waals surface area contributed by atoms with Crippen LogP contribution in [0.5, 0.6) is 0 Å². The Labute approximate surface area is 94.5 Å². The van der Waals surface area contributed by atoms with Crippen LogP contribution in [0.1, 0.15) is 41.8 Å². The standard InChI is InChI=1S/C11H16ClNS/c1-2-3-8-4-5-9-10(6-8)14-11(7-12)13-9/h8H,2-7H2,1H3. The van der Waals surface area contributed by atoms with Crippen LogP contribution in [-0.2, 0) is 18.7 Å². The van der Waals surface area contributed by atoms with Gasteiger partial charge in [0.1, 0.15) is 5.01 Å². The molecule has 78 valence electrons. The number of aryl methyl sites for hydroxylation is 1. The second kappa shape index (κ2) is 4.63. The van der Waals surface area contributed by atoms with Crippen LogP contribution in [0.2, 0.25) is 0 Å². The highest BCUT2D eigenvalue weighted by atomic mass is 35.5. The molecule has 0 amide bonds. The molecular formula is C11H16ClNS. The van der Waals surface area contributed by atoms with E-state index in [-0.39, 0.29) is 0 Å². The number of thiazole rings is 1. The van der Waals surface area contributed by atoms with Crippen LogP contribution in [0.3, 0.4) is 0 Å². The smallest absolute Gasteiger partial charge is 0.108 e. The summed E-state index contributed by atoms with van der Waals surface area (Å²) >= 11 is 7.61. The molecule has 1 heterocycles. The highest BCUT2D eigenvalue weighted by Gasteiger charge is 2.21. The zero-order chi connectivity index (χ0) is 9.97. The van der Waals surface area contributed by atoms with E-state index in [9.17, 15) is 0 Å². The van der Waals surface area contributed by atoms with E-state index in [0.29, 0.717) is 5.88 Å². The maximum Gasteiger partial charge on any atom is 0.108 e. The Morgan fingerprint density at radius 1 is 1.57 bits per heavy atom. The Bertz CT molecular complexity index is 308. The SMILES string of the molecule is CCCC1CCc2nc(CCl)sc2C1. The molecule has 1 atom stereocenters. The van der Waals surface area contributed by atoms with Gasteiger partial charge in [-0.15, -0.1) is 22.9 Å². The largest absolute Gasteiger partial charge is 0.245 e. The van der Waals surface area contributed by atoms with Crippen LogP contribution in [-0.4, -0.2) is 4.98 Å². The third-order valence-electron chi connectivity index (χ3n) is 2.90. The van der Waals surface area contributed by atoms with Crippen LogP contribution < -0.4 is 0 Å². The number of rotatable bonds is 3. The first-order valence-corrected chi connectivity index (χ1v) is 6.72. The number of aromatic nitrogens is 1. The molecule has 2 rings (SSSR count). The zero-order valence-electron chi connectivity index (χ0n) is 8.55. The van der Waals surface area contributed by atoms with E-state index in [1.54, 1.807) is 0 Å². The predicted octanol–water partition coefficient (Wildman–Crippen LogP) is 3.79. The highest BCUT2D eigenvalue weighted by molar-refractivity contribution is 7.12. The summed E-state index contributed by atoms with van der Waals surface area (Å²) < 4.78 is 0. The molecule has 1 aliphatic carbocycles. The lowest BCUT2D eigenvalue weighted by molar-refractivity contribution is 0.423. The predicted molar refractivity (Wildman–Crippen MR) is 62.1 cm³/mol. The molecule has 1 nitrogen and oxygen atoms in total. The van der Waals surface area contributed by atoms with E-state index in [1.165, 1.54) is 42.7 Å². The Hall–Kier alpha value is -0.0800. The van der Waals surface area contributed by atoms with Crippen molar-refractivity contribution in [1.29, 1.82) is 0 Å². The van der Waals surface area contributed by atoms with Gasteiger partial charge in [-0.3, -0.25) is 0 Å². The van der Waals surface area contributed by atoms with Crippen LogP contribution in [0.15, 0.2) is 0 Å². The monoisotopic (exact) mass is 229 g/mol. The van der Waals surface area contributed by atoms with Crippen molar-refractivity contribution in [1.82, 2.24) is 4.98 Å².